The van der Waals surface area contributed by atoms with E-state index in [1.807, 2.05) is 11.9 Å². The Labute approximate surface area is 123 Å². The van der Waals surface area contributed by atoms with Crippen molar-refractivity contribution in [2.75, 3.05) is 31.6 Å². The molecule has 0 amide bonds. The Hall–Kier alpha value is -1.27. The molecule has 1 aliphatic heterocycles. The largest absolute Gasteiger partial charge is 0.416 e. The van der Waals surface area contributed by atoms with Crippen molar-refractivity contribution < 1.29 is 18.3 Å². The maximum absolute atomic E-state index is 13.0. The second kappa shape index (κ2) is 6.23. The fourth-order valence-corrected chi connectivity index (χ4v) is 2.78. The van der Waals surface area contributed by atoms with Gasteiger partial charge in [0, 0.05) is 31.4 Å². The molecule has 0 bridgehead atoms. The van der Waals surface area contributed by atoms with Crippen molar-refractivity contribution in [1.82, 2.24) is 4.90 Å². The third kappa shape index (κ3) is 3.49. The Morgan fingerprint density at radius 1 is 1.29 bits per heavy atom. The summed E-state index contributed by atoms with van der Waals surface area (Å²) in [6, 6.07) is 4.55. The second-order valence-corrected chi connectivity index (χ2v) is 5.49. The van der Waals surface area contributed by atoms with Gasteiger partial charge in [-0.05, 0) is 31.2 Å². The molecule has 118 valence electrons. The van der Waals surface area contributed by atoms with Gasteiger partial charge in [0.05, 0.1) is 12.2 Å². The van der Waals surface area contributed by atoms with Crippen LogP contribution in [-0.4, -0.2) is 42.7 Å². The summed E-state index contributed by atoms with van der Waals surface area (Å²) in [7, 11) is 2.04. The molecule has 0 aliphatic carbocycles. The zero-order valence-corrected chi connectivity index (χ0v) is 12.3. The number of likely N-dealkylation sites (N-methyl/N-ethyl adjacent to an activating group) is 1. The van der Waals surface area contributed by atoms with Crippen LogP contribution < -0.4 is 4.90 Å². The Balaban J connectivity index is 2.28. The van der Waals surface area contributed by atoms with E-state index in [4.69, 9.17) is 5.11 Å². The molecule has 6 heteroatoms. The number of nitrogens with zero attached hydrogens (tertiary/aromatic N) is 2. The van der Waals surface area contributed by atoms with Gasteiger partial charge in [-0.3, -0.25) is 4.90 Å². The molecule has 1 N–H and O–H groups in total. The minimum atomic E-state index is -4.44. The molecule has 1 heterocycles. The van der Waals surface area contributed by atoms with Crippen molar-refractivity contribution in [2.24, 2.45) is 0 Å². The molecule has 3 nitrogen and oxygen atoms in total. The van der Waals surface area contributed by atoms with Gasteiger partial charge in [0.2, 0.25) is 0 Å². The molecule has 1 atom stereocenters. The second-order valence-electron chi connectivity index (χ2n) is 5.49. The highest BCUT2D eigenvalue weighted by atomic mass is 19.4. The minimum absolute atomic E-state index is 0.0765. The summed E-state index contributed by atoms with van der Waals surface area (Å²) in [6.07, 6.45) is -3.47. The fourth-order valence-electron chi connectivity index (χ4n) is 2.78. The van der Waals surface area contributed by atoms with Gasteiger partial charge in [-0.25, -0.2) is 0 Å². The molecule has 2 rings (SSSR count). The normalized spacial score (nSPS) is 20.9. The summed E-state index contributed by atoms with van der Waals surface area (Å²) in [5, 5.41) is 9.08. The van der Waals surface area contributed by atoms with Crippen molar-refractivity contribution >= 4 is 5.69 Å². The first-order valence-electron chi connectivity index (χ1n) is 7.13. The Bertz CT molecular complexity index is 490. The van der Waals surface area contributed by atoms with Gasteiger partial charge in [0.15, 0.2) is 0 Å². The van der Waals surface area contributed by atoms with Gasteiger partial charge < -0.3 is 10.0 Å². The SMILES string of the molecule is CCC1CN(c2ccc(CO)c(C(F)(F)F)c2)CCN1C. The van der Waals surface area contributed by atoms with Crippen LogP contribution in [0.15, 0.2) is 18.2 Å². The highest BCUT2D eigenvalue weighted by Crippen LogP contribution is 2.35. The standard InChI is InChI=1S/C15H21F3N2O/c1-3-12-9-20(7-6-19(12)2)13-5-4-11(10-21)14(8-13)15(16,17)18/h4-5,8,12,21H,3,6-7,9-10H2,1-2H3. The van der Waals surface area contributed by atoms with Crippen molar-refractivity contribution in [3.05, 3.63) is 29.3 Å². The van der Waals surface area contributed by atoms with Crippen LogP contribution in [0.3, 0.4) is 0 Å². The summed E-state index contributed by atoms with van der Waals surface area (Å²) in [4.78, 5) is 4.23. The lowest BCUT2D eigenvalue weighted by molar-refractivity contribution is -0.138. The van der Waals surface area contributed by atoms with E-state index in [0.29, 0.717) is 18.3 Å². The minimum Gasteiger partial charge on any atom is -0.392 e. The predicted octanol–water partition coefficient (Wildman–Crippen LogP) is 2.73. The van der Waals surface area contributed by atoms with Crippen molar-refractivity contribution in [3.63, 3.8) is 0 Å². The number of rotatable bonds is 3. The lowest BCUT2D eigenvalue weighted by Crippen LogP contribution is -2.51. The van der Waals surface area contributed by atoms with Crippen LogP contribution in [0.1, 0.15) is 24.5 Å². The summed E-state index contributed by atoms with van der Waals surface area (Å²) < 4.78 is 39.1. The number of halogens is 3. The number of alkyl halides is 3. The molecule has 1 aromatic rings. The number of hydrogen-bond acceptors (Lipinski definition) is 3. The molecule has 1 unspecified atom stereocenters. The van der Waals surface area contributed by atoms with Gasteiger partial charge in [0.25, 0.3) is 0 Å². The average molecular weight is 302 g/mol. The summed E-state index contributed by atoms with van der Waals surface area (Å²) in [6.45, 7) is 3.75. The van der Waals surface area contributed by atoms with Gasteiger partial charge in [-0.15, -0.1) is 0 Å². The van der Waals surface area contributed by atoms with E-state index in [0.717, 1.165) is 25.6 Å². The summed E-state index contributed by atoms with van der Waals surface area (Å²) in [5.74, 6) is 0. The van der Waals surface area contributed by atoms with Gasteiger partial charge >= 0.3 is 6.18 Å². The molecular formula is C15H21F3N2O. The van der Waals surface area contributed by atoms with E-state index in [-0.39, 0.29) is 5.56 Å². The molecular weight excluding hydrogens is 281 g/mol. The zero-order valence-electron chi connectivity index (χ0n) is 12.3. The van der Waals surface area contributed by atoms with Crippen molar-refractivity contribution in [3.8, 4) is 0 Å². The van der Waals surface area contributed by atoms with Crippen molar-refractivity contribution in [2.45, 2.75) is 32.2 Å². The Kier molecular flexibility index (Phi) is 4.78. The van der Waals surface area contributed by atoms with E-state index in [1.165, 1.54) is 6.07 Å². The fraction of sp³-hybridized carbons (Fsp3) is 0.600. The smallest absolute Gasteiger partial charge is 0.392 e. The average Bonchev–Trinajstić information content (AvgIpc) is 2.46. The van der Waals surface area contributed by atoms with Crippen LogP contribution in [0.5, 0.6) is 0 Å². The third-order valence-corrected chi connectivity index (χ3v) is 4.18. The Morgan fingerprint density at radius 3 is 2.57 bits per heavy atom. The quantitative estimate of drug-likeness (QED) is 0.930. The highest BCUT2D eigenvalue weighted by Gasteiger charge is 2.34. The van der Waals surface area contributed by atoms with Crippen LogP contribution in [0.2, 0.25) is 0 Å². The first-order chi connectivity index (χ1) is 9.86. The van der Waals surface area contributed by atoms with Crippen LogP contribution >= 0.6 is 0 Å². The lowest BCUT2D eigenvalue weighted by atomic mass is 10.0. The molecule has 1 saturated heterocycles. The van der Waals surface area contributed by atoms with Crippen LogP contribution in [0, 0.1) is 0 Å². The molecule has 1 fully saturated rings. The number of hydrogen-bond donors (Lipinski definition) is 1. The first-order valence-corrected chi connectivity index (χ1v) is 7.13. The third-order valence-electron chi connectivity index (χ3n) is 4.18. The zero-order chi connectivity index (χ0) is 15.6. The maximum Gasteiger partial charge on any atom is 0.416 e. The van der Waals surface area contributed by atoms with Gasteiger partial charge in [-0.1, -0.05) is 13.0 Å². The maximum atomic E-state index is 13.0. The van der Waals surface area contributed by atoms with E-state index >= 15 is 0 Å². The molecule has 21 heavy (non-hydrogen) atoms. The molecule has 1 aliphatic rings. The Morgan fingerprint density at radius 2 is 2.00 bits per heavy atom. The number of aliphatic hydroxyl groups excluding tert-OH is 1. The van der Waals surface area contributed by atoms with E-state index in [2.05, 4.69) is 11.8 Å². The van der Waals surface area contributed by atoms with Crippen LogP contribution in [0.25, 0.3) is 0 Å². The van der Waals surface area contributed by atoms with Crippen LogP contribution in [0.4, 0.5) is 18.9 Å². The van der Waals surface area contributed by atoms with Gasteiger partial charge in [-0.2, -0.15) is 13.2 Å². The first kappa shape index (κ1) is 16.1. The van der Waals surface area contributed by atoms with Crippen LogP contribution in [-0.2, 0) is 12.8 Å². The van der Waals surface area contributed by atoms with E-state index in [1.54, 1.807) is 6.07 Å². The lowest BCUT2D eigenvalue weighted by Gasteiger charge is -2.40. The molecule has 1 aromatic carbocycles. The summed E-state index contributed by atoms with van der Waals surface area (Å²) in [5.41, 5.74) is -0.243. The summed E-state index contributed by atoms with van der Waals surface area (Å²) >= 11 is 0. The molecule has 0 saturated carbocycles. The van der Waals surface area contributed by atoms with E-state index in [9.17, 15) is 13.2 Å². The number of benzene rings is 1. The topological polar surface area (TPSA) is 26.7 Å². The predicted molar refractivity (Wildman–Crippen MR) is 76.3 cm³/mol. The number of piperazine rings is 1. The monoisotopic (exact) mass is 302 g/mol. The van der Waals surface area contributed by atoms with E-state index < -0.39 is 18.3 Å². The highest BCUT2D eigenvalue weighted by molar-refractivity contribution is 5.52. The number of anilines is 1. The van der Waals surface area contributed by atoms with Crippen molar-refractivity contribution in [1.29, 1.82) is 0 Å². The number of aliphatic hydroxyl groups is 1. The van der Waals surface area contributed by atoms with Gasteiger partial charge in [0.1, 0.15) is 0 Å². The molecule has 0 spiro atoms. The molecule has 0 radical (unpaired) electrons. The molecule has 0 aromatic heterocycles.